The molecule has 126 valence electrons. The summed E-state index contributed by atoms with van der Waals surface area (Å²) in [7, 11) is 0. The third kappa shape index (κ3) is 6.12. The number of carbonyl (C=O) groups excluding carboxylic acids is 1. The molecule has 0 saturated carbocycles. The van der Waals surface area contributed by atoms with E-state index < -0.39 is 0 Å². The molecular weight excluding hydrogens is 300 g/mol. The number of carbonyl (C=O) groups is 1. The van der Waals surface area contributed by atoms with E-state index in [4.69, 9.17) is 5.73 Å². The van der Waals surface area contributed by atoms with E-state index in [9.17, 15) is 4.79 Å². The quantitative estimate of drug-likeness (QED) is 0.541. The van der Waals surface area contributed by atoms with Gasteiger partial charge in [-0.05, 0) is 29.7 Å². The van der Waals surface area contributed by atoms with Gasteiger partial charge in [-0.15, -0.1) is 0 Å². The number of rotatable bonds is 7. The first-order valence-electron chi connectivity index (χ1n) is 8.14. The SMILES string of the molecule is CCc1cccc(NC(N)=NCCC(=O)NCc2ccccc2)c1. The average molecular weight is 324 g/mol. The number of guanidine groups is 1. The molecule has 5 nitrogen and oxygen atoms in total. The second kappa shape index (κ2) is 9.35. The largest absolute Gasteiger partial charge is 0.370 e. The van der Waals surface area contributed by atoms with Crippen molar-refractivity contribution in [2.24, 2.45) is 10.7 Å². The molecule has 0 fully saturated rings. The third-order valence-corrected chi connectivity index (χ3v) is 3.56. The molecule has 5 heteroatoms. The first kappa shape index (κ1) is 17.5. The van der Waals surface area contributed by atoms with Gasteiger partial charge < -0.3 is 16.4 Å². The van der Waals surface area contributed by atoms with Crippen LogP contribution in [0.2, 0.25) is 0 Å². The van der Waals surface area contributed by atoms with Gasteiger partial charge in [0.15, 0.2) is 5.96 Å². The van der Waals surface area contributed by atoms with Gasteiger partial charge >= 0.3 is 0 Å². The van der Waals surface area contributed by atoms with Gasteiger partial charge in [-0.2, -0.15) is 0 Å². The fourth-order valence-corrected chi connectivity index (χ4v) is 2.22. The first-order chi connectivity index (χ1) is 11.7. The zero-order valence-electron chi connectivity index (χ0n) is 14.0. The minimum absolute atomic E-state index is 0.0385. The highest BCUT2D eigenvalue weighted by molar-refractivity contribution is 5.92. The Morgan fingerprint density at radius 1 is 1.08 bits per heavy atom. The van der Waals surface area contributed by atoms with E-state index in [-0.39, 0.29) is 5.91 Å². The zero-order chi connectivity index (χ0) is 17.2. The Kier molecular flexibility index (Phi) is 6.83. The first-order valence-corrected chi connectivity index (χ1v) is 8.14. The number of aliphatic imine (C=N–C) groups is 1. The molecule has 24 heavy (non-hydrogen) atoms. The van der Waals surface area contributed by atoms with Crippen LogP contribution in [0.3, 0.4) is 0 Å². The van der Waals surface area contributed by atoms with E-state index in [1.807, 2.05) is 48.5 Å². The third-order valence-electron chi connectivity index (χ3n) is 3.56. The van der Waals surface area contributed by atoms with E-state index >= 15 is 0 Å². The van der Waals surface area contributed by atoms with Crippen LogP contribution in [0, 0.1) is 0 Å². The number of amides is 1. The van der Waals surface area contributed by atoms with Crippen molar-refractivity contribution in [3.63, 3.8) is 0 Å². The zero-order valence-corrected chi connectivity index (χ0v) is 14.0. The lowest BCUT2D eigenvalue weighted by molar-refractivity contribution is -0.121. The topological polar surface area (TPSA) is 79.5 Å². The fraction of sp³-hybridized carbons (Fsp3) is 0.263. The van der Waals surface area contributed by atoms with E-state index in [1.165, 1.54) is 5.56 Å². The molecule has 0 aliphatic carbocycles. The number of hydrogen-bond acceptors (Lipinski definition) is 2. The van der Waals surface area contributed by atoms with Crippen molar-refractivity contribution in [3.05, 3.63) is 65.7 Å². The van der Waals surface area contributed by atoms with Gasteiger partial charge in [-0.25, -0.2) is 0 Å². The Hall–Kier alpha value is -2.82. The minimum Gasteiger partial charge on any atom is -0.370 e. The highest BCUT2D eigenvalue weighted by Crippen LogP contribution is 2.10. The Bertz CT molecular complexity index is 683. The van der Waals surface area contributed by atoms with Crippen LogP contribution >= 0.6 is 0 Å². The number of nitrogens with zero attached hydrogens (tertiary/aromatic N) is 1. The van der Waals surface area contributed by atoms with Crippen LogP contribution in [0.5, 0.6) is 0 Å². The van der Waals surface area contributed by atoms with Gasteiger partial charge in [0.2, 0.25) is 5.91 Å². The lowest BCUT2D eigenvalue weighted by atomic mass is 10.1. The van der Waals surface area contributed by atoms with Crippen LogP contribution in [0.4, 0.5) is 5.69 Å². The van der Waals surface area contributed by atoms with Gasteiger partial charge in [-0.1, -0.05) is 49.4 Å². The lowest BCUT2D eigenvalue weighted by Gasteiger charge is -2.07. The van der Waals surface area contributed by atoms with E-state index in [0.29, 0.717) is 25.5 Å². The summed E-state index contributed by atoms with van der Waals surface area (Å²) < 4.78 is 0. The van der Waals surface area contributed by atoms with Crippen LogP contribution in [-0.4, -0.2) is 18.4 Å². The number of nitrogens with one attached hydrogen (secondary N) is 2. The van der Waals surface area contributed by atoms with Crippen molar-refractivity contribution in [1.82, 2.24) is 5.32 Å². The Morgan fingerprint density at radius 3 is 2.58 bits per heavy atom. The molecule has 4 N–H and O–H groups in total. The predicted molar refractivity (Wildman–Crippen MR) is 98.8 cm³/mol. The molecule has 2 aromatic rings. The molecule has 0 heterocycles. The number of aryl methyl sites for hydroxylation is 1. The minimum atomic E-state index is -0.0385. The molecule has 0 saturated heterocycles. The molecule has 2 rings (SSSR count). The van der Waals surface area contributed by atoms with Crippen LogP contribution in [0.15, 0.2) is 59.6 Å². The molecule has 0 radical (unpaired) electrons. The molecule has 0 aliphatic heterocycles. The molecular formula is C19H24N4O. The van der Waals surface area contributed by atoms with Crippen molar-refractivity contribution in [2.75, 3.05) is 11.9 Å². The predicted octanol–water partition coefficient (Wildman–Crippen LogP) is 2.68. The molecule has 0 spiro atoms. The number of benzene rings is 2. The van der Waals surface area contributed by atoms with Crippen molar-refractivity contribution >= 4 is 17.6 Å². The fourth-order valence-electron chi connectivity index (χ4n) is 2.22. The lowest BCUT2D eigenvalue weighted by Crippen LogP contribution is -2.25. The maximum Gasteiger partial charge on any atom is 0.222 e. The smallest absolute Gasteiger partial charge is 0.222 e. The van der Waals surface area contributed by atoms with Gasteiger partial charge in [0.25, 0.3) is 0 Å². The summed E-state index contributed by atoms with van der Waals surface area (Å²) >= 11 is 0. The van der Waals surface area contributed by atoms with Crippen molar-refractivity contribution in [1.29, 1.82) is 0 Å². The van der Waals surface area contributed by atoms with E-state index in [2.05, 4.69) is 28.6 Å². The Morgan fingerprint density at radius 2 is 1.83 bits per heavy atom. The summed E-state index contributed by atoms with van der Waals surface area (Å²) in [6.07, 6.45) is 1.28. The van der Waals surface area contributed by atoms with Gasteiger partial charge in [0.05, 0.1) is 6.54 Å². The summed E-state index contributed by atoms with van der Waals surface area (Å²) in [5.41, 5.74) is 9.07. The summed E-state index contributed by atoms with van der Waals surface area (Å²) in [4.78, 5) is 16.0. The standard InChI is InChI=1S/C19H24N4O/c1-2-15-9-6-10-17(13-15)23-19(20)21-12-11-18(24)22-14-16-7-4-3-5-8-16/h3-10,13H,2,11-12,14H2,1H3,(H,22,24)(H3,20,21,23). The number of nitrogens with two attached hydrogens (primary N) is 1. The summed E-state index contributed by atoms with van der Waals surface area (Å²) in [5.74, 6) is 0.280. The van der Waals surface area contributed by atoms with Gasteiger partial charge in [0.1, 0.15) is 0 Å². The molecule has 1 amide bonds. The van der Waals surface area contributed by atoms with Crippen molar-refractivity contribution in [3.8, 4) is 0 Å². The van der Waals surface area contributed by atoms with Crippen LogP contribution in [0.25, 0.3) is 0 Å². The summed E-state index contributed by atoms with van der Waals surface area (Å²) in [6.45, 7) is 2.98. The Balaban J connectivity index is 1.73. The van der Waals surface area contributed by atoms with E-state index in [1.54, 1.807) is 0 Å². The second-order valence-electron chi connectivity index (χ2n) is 5.46. The van der Waals surface area contributed by atoms with Crippen LogP contribution in [0.1, 0.15) is 24.5 Å². The van der Waals surface area contributed by atoms with Gasteiger partial charge in [0, 0.05) is 18.7 Å². The Labute approximate surface area is 143 Å². The highest BCUT2D eigenvalue weighted by atomic mass is 16.1. The van der Waals surface area contributed by atoms with Crippen molar-refractivity contribution in [2.45, 2.75) is 26.3 Å². The van der Waals surface area contributed by atoms with E-state index in [0.717, 1.165) is 17.7 Å². The molecule has 0 unspecified atom stereocenters. The molecule has 0 aromatic heterocycles. The number of hydrogen-bond donors (Lipinski definition) is 3. The van der Waals surface area contributed by atoms with Crippen molar-refractivity contribution < 1.29 is 4.79 Å². The number of anilines is 1. The highest BCUT2D eigenvalue weighted by Gasteiger charge is 2.01. The average Bonchev–Trinajstić information content (AvgIpc) is 2.61. The molecule has 2 aromatic carbocycles. The normalized spacial score (nSPS) is 11.1. The maximum atomic E-state index is 11.8. The monoisotopic (exact) mass is 324 g/mol. The van der Waals surface area contributed by atoms with Crippen LogP contribution in [-0.2, 0) is 17.8 Å². The molecule has 0 atom stereocenters. The summed E-state index contributed by atoms with van der Waals surface area (Å²) in [5, 5.41) is 5.91. The summed E-state index contributed by atoms with van der Waals surface area (Å²) in [6, 6.07) is 17.8. The molecule has 0 aliphatic rings. The second-order valence-corrected chi connectivity index (χ2v) is 5.46. The molecule has 0 bridgehead atoms. The maximum absolute atomic E-state index is 11.8. The van der Waals surface area contributed by atoms with Crippen LogP contribution < -0.4 is 16.4 Å². The van der Waals surface area contributed by atoms with Gasteiger partial charge in [-0.3, -0.25) is 9.79 Å².